The molecule has 1 rings (SSSR count). The van der Waals surface area contributed by atoms with Crippen LogP contribution in [0.1, 0.15) is 24.9 Å². The van der Waals surface area contributed by atoms with Crippen LogP contribution >= 0.6 is 0 Å². The van der Waals surface area contributed by atoms with E-state index in [9.17, 15) is 0 Å². The Labute approximate surface area is 84.5 Å². The summed E-state index contributed by atoms with van der Waals surface area (Å²) in [5.41, 5.74) is 6.42. The second-order valence-electron chi connectivity index (χ2n) is 3.06. The van der Waals surface area contributed by atoms with Crippen LogP contribution in [0, 0.1) is 0 Å². The molecule has 4 heteroatoms. The highest BCUT2D eigenvalue weighted by atomic mass is 16.5. The highest BCUT2D eigenvalue weighted by Gasteiger charge is 1.98. The van der Waals surface area contributed by atoms with Crippen LogP contribution in [0.2, 0.25) is 0 Å². The molecular weight excluding hydrogens is 178 g/mol. The molecule has 0 bridgehead atoms. The number of rotatable bonds is 6. The predicted octanol–water partition coefficient (Wildman–Crippen LogP) is 0.904. The summed E-state index contributed by atoms with van der Waals surface area (Å²) in [4.78, 5) is 8.43. The molecule has 1 aromatic rings. The molecule has 1 heterocycles. The van der Waals surface area contributed by atoms with Crippen molar-refractivity contribution in [3.05, 3.63) is 23.8 Å². The van der Waals surface area contributed by atoms with Gasteiger partial charge < -0.3 is 10.5 Å². The van der Waals surface area contributed by atoms with Crippen LogP contribution in [0.25, 0.3) is 0 Å². The smallest absolute Gasteiger partial charge is 0.154 e. The molecule has 0 atom stereocenters. The van der Waals surface area contributed by atoms with Gasteiger partial charge in [-0.25, -0.2) is 9.97 Å². The van der Waals surface area contributed by atoms with E-state index >= 15 is 0 Å². The van der Waals surface area contributed by atoms with Crippen LogP contribution in [-0.4, -0.2) is 23.1 Å². The molecule has 0 fully saturated rings. The van der Waals surface area contributed by atoms with Gasteiger partial charge in [-0.3, -0.25) is 0 Å². The highest BCUT2D eigenvalue weighted by Crippen LogP contribution is 1.98. The molecule has 0 unspecified atom stereocenters. The summed E-state index contributed by atoms with van der Waals surface area (Å²) in [7, 11) is 0. The quantitative estimate of drug-likeness (QED) is 0.685. The van der Waals surface area contributed by atoms with Crippen LogP contribution in [0.15, 0.2) is 12.3 Å². The van der Waals surface area contributed by atoms with E-state index in [2.05, 4.69) is 16.9 Å². The van der Waals surface area contributed by atoms with E-state index in [1.54, 1.807) is 6.20 Å². The van der Waals surface area contributed by atoms with Crippen LogP contribution in [0.4, 0.5) is 0 Å². The molecule has 0 saturated heterocycles. The molecular formula is C10H17N3O. The molecule has 0 aromatic carbocycles. The lowest BCUT2D eigenvalue weighted by Gasteiger charge is -2.03. The molecule has 2 N–H and O–H groups in total. The van der Waals surface area contributed by atoms with E-state index < -0.39 is 0 Å². The lowest BCUT2D eigenvalue weighted by molar-refractivity contribution is 0.116. The van der Waals surface area contributed by atoms with Gasteiger partial charge in [0.05, 0.1) is 0 Å². The van der Waals surface area contributed by atoms with Crippen molar-refractivity contribution in [1.82, 2.24) is 9.97 Å². The summed E-state index contributed by atoms with van der Waals surface area (Å²) >= 11 is 0. The van der Waals surface area contributed by atoms with Gasteiger partial charge in [0.15, 0.2) is 5.82 Å². The maximum atomic E-state index is 5.44. The minimum atomic E-state index is 0.492. The first kappa shape index (κ1) is 11.1. The fourth-order valence-electron chi connectivity index (χ4n) is 1.11. The van der Waals surface area contributed by atoms with Gasteiger partial charge in [-0.1, -0.05) is 6.92 Å². The fourth-order valence-corrected chi connectivity index (χ4v) is 1.11. The summed E-state index contributed by atoms with van der Waals surface area (Å²) in [6, 6.07) is 1.89. The largest absolute Gasteiger partial charge is 0.373 e. The maximum Gasteiger partial charge on any atom is 0.154 e. The van der Waals surface area contributed by atoms with E-state index in [4.69, 9.17) is 10.5 Å². The Morgan fingerprint density at radius 2 is 2.36 bits per heavy atom. The summed E-state index contributed by atoms with van der Waals surface area (Å²) in [6.07, 6.45) is 3.56. The van der Waals surface area contributed by atoms with Crippen LogP contribution in [0.3, 0.4) is 0 Å². The summed E-state index contributed by atoms with van der Waals surface area (Å²) < 4.78 is 5.35. The molecule has 14 heavy (non-hydrogen) atoms. The molecule has 0 radical (unpaired) electrons. The second kappa shape index (κ2) is 6.45. The second-order valence-corrected chi connectivity index (χ2v) is 3.06. The van der Waals surface area contributed by atoms with Crippen molar-refractivity contribution in [3.63, 3.8) is 0 Å². The third-order valence-electron chi connectivity index (χ3n) is 1.74. The van der Waals surface area contributed by atoms with Gasteiger partial charge in [-0.15, -0.1) is 0 Å². The molecule has 78 valence electrons. The third kappa shape index (κ3) is 3.81. The zero-order valence-corrected chi connectivity index (χ0v) is 8.57. The first-order valence-corrected chi connectivity index (χ1v) is 4.95. The van der Waals surface area contributed by atoms with Crippen LogP contribution in [0.5, 0.6) is 0 Å². The topological polar surface area (TPSA) is 61.0 Å². The standard InChI is InChI=1S/C10H17N3O/c1-2-7-14-8-10-12-6-4-9(13-10)3-5-11/h4,6H,2-3,5,7-8,11H2,1H3. The number of ether oxygens (including phenoxy) is 1. The number of nitrogens with zero attached hydrogens (tertiary/aromatic N) is 2. The van der Waals surface area contributed by atoms with Gasteiger partial charge in [-0.2, -0.15) is 0 Å². The summed E-state index contributed by atoms with van der Waals surface area (Å²) in [5, 5.41) is 0. The summed E-state index contributed by atoms with van der Waals surface area (Å²) in [5.74, 6) is 0.740. The third-order valence-corrected chi connectivity index (χ3v) is 1.74. The van der Waals surface area contributed by atoms with Gasteiger partial charge >= 0.3 is 0 Å². The van der Waals surface area contributed by atoms with E-state index in [1.165, 1.54) is 0 Å². The molecule has 0 spiro atoms. The minimum absolute atomic E-state index is 0.492. The Hall–Kier alpha value is -1.00. The van der Waals surface area contributed by atoms with E-state index in [1.807, 2.05) is 6.07 Å². The molecule has 0 aliphatic rings. The van der Waals surface area contributed by atoms with Crippen molar-refractivity contribution in [2.24, 2.45) is 5.73 Å². The first-order valence-electron chi connectivity index (χ1n) is 4.95. The van der Waals surface area contributed by atoms with Gasteiger partial charge in [0, 0.05) is 24.9 Å². The van der Waals surface area contributed by atoms with Crippen molar-refractivity contribution in [3.8, 4) is 0 Å². The van der Waals surface area contributed by atoms with Gasteiger partial charge in [-0.05, 0) is 19.0 Å². The van der Waals surface area contributed by atoms with E-state index in [-0.39, 0.29) is 0 Å². The molecule has 4 nitrogen and oxygen atoms in total. The van der Waals surface area contributed by atoms with E-state index in [0.717, 1.165) is 31.0 Å². The molecule has 0 saturated carbocycles. The Morgan fingerprint density at radius 1 is 1.50 bits per heavy atom. The molecule has 0 aliphatic carbocycles. The van der Waals surface area contributed by atoms with Crippen molar-refractivity contribution in [2.75, 3.05) is 13.2 Å². The summed E-state index contributed by atoms with van der Waals surface area (Å²) in [6.45, 7) is 3.94. The van der Waals surface area contributed by atoms with Gasteiger partial charge in [0.1, 0.15) is 6.61 Å². The number of nitrogens with two attached hydrogens (primary N) is 1. The first-order chi connectivity index (χ1) is 6.86. The van der Waals surface area contributed by atoms with Gasteiger partial charge in [0.25, 0.3) is 0 Å². The average molecular weight is 195 g/mol. The Bertz CT molecular complexity index is 265. The predicted molar refractivity (Wildman–Crippen MR) is 54.7 cm³/mol. The van der Waals surface area contributed by atoms with Crippen molar-refractivity contribution in [1.29, 1.82) is 0 Å². The maximum absolute atomic E-state index is 5.44. The van der Waals surface area contributed by atoms with Crippen LogP contribution < -0.4 is 5.73 Å². The Morgan fingerprint density at radius 3 is 3.07 bits per heavy atom. The number of hydrogen-bond donors (Lipinski definition) is 1. The SMILES string of the molecule is CCCOCc1nccc(CCN)n1. The molecule has 0 aliphatic heterocycles. The Balaban J connectivity index is 2.46. The van der Waals surface area contributed by atoms with Crippen molar-refractivity contribution < 1.29 is 4.74 Å². The lowest BCUT2D eigenvalue weighted by atomic mass is 10.3. The normalized spacial score (nSPS) is 10.4. The van der Waals surface area contributed by atoms with E-state index in [0.29, 0.717) is 13.2 Å². The monoisotopic (exact) mass is 195 g/mol. The lowest BCUT2D eigenvalue weighted by Crippen LogP contribution is -2.07. The average Bonchev–Trinajstić information content (AvgIpc) is 2.19. The minimum Gasteiger partial charge on any atom is -0.373 e. The highest BCUT2D eigenvalue weighted by molar-refractivity contribution is 5.02. The number of aromatic nitrogens is 2. The zero-order valence-electron chi connectivity index (χ0n) is 8.57. The van der Waals surface area contributed by atoms with Crippen LogP contribution in [-0.2, 0) is 17.8 Å². The molecule has 0 amide bonds. The Kier molecular flexibility index (Phi) is 5.11. The number of hydrogen-bond acceptors (Lipinski definition) is 4. The van der Waals surface area contributed by atoms with Crippen molar-refractivity contribution in [2.45, 2.75) is 26.4 Å². The van der Waals surface area contributed by atoms with Gasteiger partial charge in [0.2, 0.25) is 0 Å². The van der Waals surface area contributed by atoms with Crippen molar-refractivity contribution >= 4 is 0 Å². The zero-order chi connectivity index (χ0) is 10.2. The fraction of sp³-hybridized carbons (Fsp3) is 0.600. The molecule has 1 aromatic heterocycles.